The number of pyridine rings is 1. The van der Waals surface area contributed by atoms with Crippen LogP contribution in [0.1, 0.15) is 42.4 Å². The summed E-state index contributed by atoms with van der Waals surface area (Å²) in [6.07, 6.45) is -0.000674. The first-order valence-corrected chi connectivity index (χ1v) is 10.1. The molecule has 0 unspecified atom stereocenters. The fraction of sp³-hybridized carbons (Fsp3) is 0.273. The Labute approximate surface area is 178 Å². The minimum absolute atomic E-state index is 0.197. The third-order valence-corrected chi connectivity index (χ3v) is 5.55. The van der Waals surface area contributed by atoms with Gasteiger partial charge in [0.2, 0.25) is 0 Å². The lowest BCUT2D eigenvalue weighted by Gasteiger charge is -2.28. The van der Waals surface area contributed by atoms with E-state index in [-0.39, 0.29) is 12.1 Å². The predicted octanol–water partition coefficient (Wildman–Crippen LogP) is 5.27. The summed E-state index contributed by atoms with van der Waals surface area (Å²) >= 11 is 5.59. The van der Waals surface area contributed by atoms with Crippen LogP contribution in [0.3, 0.4) is 0 Å². The molecule has 0 radical (unpaired) electrons. The predicted molar refractivity (Wildman–Crippen MR) is 113 cm³/mol. The summed E-state index contributed by atoms with van der Waals surface area (Å²) < 4.78 is 41.6. The quantitative estimate of drug-likeness (QED) is 0.559. The van der Waals surface area contributed by atoms with Crippen LogP contribution in [0.2, 0.25) is 0 Å². The van der Waals surface area contributed by atoms with Crippen LogP contribution in [0.4, 0.5) is 13.2 Å². The fourth-order valence-corrected chi connectivity index (χ4v) is 4.24. The molecule has 0 amide bonds. The molecule has 3 heterocycles. The van der Waals surface area contributed by atoms with Crippen LogP contribution >= 0.6 is 12.2 Å². The van der Waals surface area contributed by atoms with Gasteiger partial charge in [-0.2, -0.15) is 13.2 Å². The number of alkyl halides is 3. The van der Waals surface area contributed by atoms with Gasteiger partial charge in [0.15, 0.2) is 5.11 Å². The van der Waals surface area contributed by atoms with Gasteiger partial charge in [-0.15, -0.1) is 0 Å². The molecule has 2 aromatic heterocycles. The van der Waals surface area contributed by atoms with Crippen LogP contribution in [-0.2, 0) is 6.18 Å². The molecule has 4 nitrogen and oxygen atoms in total. The lowest BCUT2D eigenvalue weighted by Crippen LogP contribution is -2.31. The molecule has 4 rings (SSSR count). The van der Waals surface area contributed by atoms with Crippen LogP contribution in [0.5, 0.6) is 0 Å². The highest BCUT2D eigenvalue weighted by atomic mass is 32.1. The van der Waals surface area contributed by atoms with E-state index in [4.69, 9.17) is 12.2 Å². The fourth-order valence-electron chi connectivity index (χ4n) is 3.91. The number of aromatic nitrogens is 2. The summed E-state index contributed by atoms with van der Waals surface area (Å²) in [5.74, 6) is 0. The van der Waals surface area contributed by atoms with Crippen molar-refractivity contribution in [1.82, 2.24) is 19.8 Å². The third-order valence-electron chi connectivity index (χ3n) is 5.20. The Morgan fingerprint density at radius 2 is 1.93 bits per heavy atom. The molecule has 30 heavy (non-hydrogen) atoms. The van der Waals surface area contributed by atoms with E-state index in [9.17, 15) is 13.2 Å². The molecule has 1 saturated heterocycles. The average molecular weight is 430 g/mol. The maximum Gasteiger partial charge on any atom is 0.416 e. The first-order valence-electron chi connectivity index (χ1n) is 9.73. The first kappa shape index (κ1) is 20.4. The second-order valence-corrected chi connectivity index (χ2v) is 7.56. The molecule has 1 aromatic carbocycles. The van der Waals surface area contributed by atoms with Crippen molar-refractivity contribution in [1.29, 1.82) is 0 Å². The SMILES string of the molecule is CCCN1C(=S)N[C@@H](c2ccccn2)[C@@H]1c1cccn1-c1cccc(C(F)(F)F)c1. The number of hydrogen-bond acceptors (Lipinski definition) is 2. The summed E-state index contributed by atoms with van der Waals surface area (Å²) in [6, 6.07) is 14.4. The Morgan fingerprint density at radius 3 is 2.63 bits per heavy atom. The maximum atomic E-state index is 13.3. The largest absolute Gasteiger partial charge is 0.416 e. The van der Waals surface area contributed by atoms with Crippen LogP contribution in [0.25, 0.3) is 5.69 Å². The standard InChI is InChI=1S/C22H21F3N4S/c1-2-12-29-20(19(27-21(29)30)17-9-3-4-11-26-17)18-10-6-13-28(18)16-8-5-7-15(14-16)22(23,24)25/h3-11,13-14,19-20H,2,12H2,1H3,(H,27,30)/t19-,20-/m0/s1. The molecule has 1 aliphatic heterocycles. The highest BCUT2D eigenvalue weighted by Crippen LogP contribution is 2.40. The van der Waals surface area contributed by atoms with Gasteiger partial charge in [0.05, 0.1) is 23.3 Å². The summed E-state index contributed by atoms with van der Waals surface area (Å²) in [4.78, 5) is 6.58. The molecular weight excluding hydrogens is 409 g/mol. The zero-order chi connectivity index (χ0) is 21.3. The van der Waals surface area contributed by atoms with Gasteiger partial charge in [0.1, 0.15) is 0 Å². The first-order chi connectivity index (χ1) is 14.4. The van der Waals surface area contributed by atoms with Gasteiger partial charge in [-0.25, -0.2) is 0 Å². The molecule has 8 heteroatoms. The topological polar surface area (TPSA) is 33.1 Å². The number of hydrogen-bond donors (Lipinski definition) is 1. The van der Waals surface area contributed by atoms with E-state index < -0.39 is 11.7 Å². The van der Waals surface area contributed by atoms with Crippen LogP contribution in [0.15, 0.2) is 67.0 Å². The molecule has 3 aromatic rings. The van der Waals surface area contributed by atoms with Gasteiger partial charge in [-0.05, 0) is 61.1 Å². The molecule has 0 bridgehead atoms. The number of halogens is 3. The number of thiocarbonyl (C=S) groups is 1. The van der Waals surface area contributed by atoms with E-state index in [1.165, 1.54) is 12.1 Å². The Kier molecular flexibility index (Phi) is 5.51. The van der Waals surface area contributed by atoms with E-state index in [2.05, 4.69) is 22.1 Å². The van der Waals surface area contributed by atoms with Crippen molar-refractivity contribution in [3.05, 3.63) is 83.9 Å². The van der Waals surface area contributed by atoms with Crippen molar-refractivity contribution in [2.24, 2.45) is 0 Å². The summed E-state index contributed by atoms with van der Waals surface area (Å²) in [5, 5.41) is 3.98. The summed E-state index contributed by atoms with van der Waals surface area (Å²) in [5.41, 5.74) is 1.47. The van der Waals surface area contributed by atoms with Gasteiger partial charge in [0.25, 0.3) is 0 Å². The van der Waals surface area contributed by atoms with Crippen molar-refractivity contribution in [3.63, 3.8) is 0 Å². The molecule has 0 saturated carbocycles. The smallest absolute Gasteiger partial charge is 0.352 e. The number of nitrogens with one attached hydrogen (secondary N) is 1. The average Bonchev–Trinajstić information content (AvgIpc) is 3.33. The third kappa shape index (κ3) is 3.79. The molecule has 1 fully saturated rings. The van der Waals surface area contributed by atoms with Crippen molar-refractivity contribution in [2.75, 3.05) is 6.54 Å². The second-order valence-electron chi connectivity index (χ2n) is 7.17. The van der Waals surface area contributed by atoms with Crippen molar-refractivity contribution < 1.29 is 13.2 Å². The van der Waals surface area contributed by atoms with Crippen LogP contribution in [-0.4, -0.2) is 26.1 Å². The Morgan fingerprint density at radius 1 is 1.10 bits per heavy atom. The van der Waals surface area contributed by atoms with E-state index in [1.807, 2.05) is 30.3 Å². The van der Waals surface area contributed by atoms with Gasteiger partial charge >= 0.3 is 6.18 Å². The summed E-state index contributed by atoms with van der Waals surface area (Å²) in [7, 11) is 0. The molecule has 156 valence electrons. The van der Waals surface area contributed by atoms with Crippen molar-refractivity contribution in [3.8, 4) is 5.69 Å². The van der Waals surface area contributed by atoms with Crippen LogP contribution < -0.4 is 5.32 Å². The Hall–Kier alpha value is -2.87. The van der Waals surface area contributed by atoms with Crippen molar-refractivity contribution >= 4 is 17.3 Å². The van der Waals surface area contributed by atoms with Gasteiger partial charge in [-0.3, -0.25) is 4.98 Å². The number of rotatable bonds is 5. The normalized spacial score (nSPS) is 19.2. The molecule has 0 aliphatic carbocycles. The molecule has 0 spiro atoms. The lowest BCUT2D eigenvalue weighted by atomic mass is 10.0. The monoisotopic (exact) mass is 430 g/mol. The van der Waals surface area contributed by atoms with E-state index in [0.717, 1.165) is 30.4 Å². The van der Waals surface area contributed by atoms with Gasteiger partial charge < -0.3 is 14.8 Å². The van der Waals surface area contributed by atoms with Gasteiger partial charge in [0, 0.05) is 30.3 Å². The lowest BCUT2D eigenvalue weighted by molar-refractivity contribution is -0.137. The minimum atomic E-state index is -4.40. The van der Waals surface area contributed by atoms with E-state index in [0.29, 0.717) is 10.8 Å². The second kappa shape index (κ2) is 8.10. The van der Waals surface area contributed by atoms with Crippen LogP contribution in [0, 0.1) is 0 Å². The van der Waals surface area contributed by atoms with E-state index >= 15 is 0 Å². The van der Waals surface area contributed by atoms with Crippen molar-refractivity contribution in [2.45, 2.75) is 31.6 Å². The highest BCUT2D eigenvalue weighted by molar-refractivity contribution is 7.80. The molecule has 1 N–H and O–H groups in total. The summed E-state index contributed by atoms with van der Waals surface area (Å²) in [6.45, 7) is 2.80. The zero-order valence-corrected chi connectivity index (χ0v) is 17.1. The van der Waals surface area contributed by atoms with E-state index in [1.54, 1.807) is 23.0 Å². The zero-order valence-electron chi connectivity index (χ0n) is 16.3. The number of benzene rings is 1. The van der Waals surface area contributed by atoms with Gasteiger partial charge in [-0.1, -0.05) is 19.1 Å². The molecule has 1 aliphatic rings. The Balaban J connectivity index is 1.80. The Bertz CT molecular complexity index is 1030. The minimum Gasteiger partial charge on any atom is -0.352 e. The molecular formula is C22H21F3N4S. The molecule has 2 atom stereocenters. The highest BCUT2D eigenvalue weighted by Gasteiger charge is 2.41. The maximum absolute atomic E-state index is 13.3. The number of nitrogens with zero attached hydrogens (tertiary/aromatic N) is 3.